The summed E-state index contributed by atoms with van der Waals surface area (Å²) < 4.78 is 10.7. The number of fused-ring (bicyclic) bond motifs is 2. The van der Waals surface area contributed by atoms with Crippen molar-refractivity contribution in [1.82, 2.24) is 10.2 Å². The summed E-state index contributed by atoms with van der Waals surface area (Å²) in [4.78, 5) is 11.7. The van der Waals surface area contributed by atoms with E-state index in [0.29, 0.717) is 11.6 Å². The van der Waals surface area contributed by atoms with E-state index in [2.05, 4.69) is 15.5 Å². The number of thioether (sulfide) groups is 1. The number of H-pyrrole nitrogens is 1. The van der Waals surface area contributed by atoms with Gasteiger partial charge in [0.1, 0.15) is 5.82 Å². The molecular formula is C13H11N3O3S. The summed E-state index contributed by atoms with van der Waals surface area (Å²) in [5, 5.41) is 9.71. The Morgan fingerprint density at radius 2 is 2.20 bits per heavy atom. The fourth-order valence-corrected chi connectivity index (χ4v) is 3.46. The summed E-state index contributed by atoms with van der Waals surface area (Å²) in [6, 6.07) is 5.86. The molecule has 2 aromatic rings. The number of aromatic amines is 1. The summed E-state index contributed by atoms with van der Waals surface area (Å²) in [6.07, 6.45) is 1.75. The van der Waals surface area contributed by atoms with Crippen LogP contribution in [0.15, 0.2) is 24.4 Å². The fourth-order valence-electron chi connectivity index (χ4n) is 2.37. The first kappa shape index (κ1) is 11.7. The zero-order chi connectivity index (χ0) is 13.5. The third-order valence-corrected chi connectivity index (χ3v) is 4.58. The summed E-state index contributed by atoms with van der Waals surface area (Å²) in [7, 11) is 0. The first-order valence-electron chi connectivity index (χ1n) is 6.15. The van der Waals surface area contributed by atoms with Crippen LogP contribution in [0, 0.1) is 0 Å². The number of hydrogen-bond acceptors (Lipinski definition) is 5. The highest BCUT2D eigenvalue weighted by atomic mass is 32.2. The third kappa shape index (κ3) is 1.82. The molecule has 2 N–H and O–H groups in total. The molecule has 2 aliphatic heterocycles. The van der Waals surface area contributed by atoms with Gasteiger partial charge in [-0.1, -0.05) is 6.07 Å². The monoisotopic (exact) mass is 289 g/mol. The molecule has 0 unspecified atom stereocenters. The molecule has 1 aromatic heterocycles. The molecule has 7 heteroatoms. The van der Waals surface area contributed by atoms with Crippen molar-refractivity contribution in [2.75, 3.05) is 17.9 Å². The van der Waals surface area contributed by atoms with Crippen molar-refractivity contribution >= 4 is 23.5 Å². The van der Waals surface area contributed by atoms with Gasteiger partial charge in [-0.15, -0.1) is 11.8 Å². The molecule has 0 aliphatic carbocycles. The van der Waals surface area contributed by atoms with E-state index in [0.717, 1.165) is 22.6 Å². The maximum Gasteiger partial charge on any atom is 0.235 e. The van der Waals surface area contributed by atoms with Gasteiger partial charge < -0.3 is 14.8 Å². The number of amides is 1. The van der Waals surface area contributed by atoms with Gasteiger partial charge in [0.15, 0.2) is 11.5 Å². The van der Waals surface area contributed by atoms with Crippen molar-refractivity contribution in [2.45, 2.75) is 5.25 Å². The molecular weight excluding hydrogens is 278 g/mol. The third-order valence-electron chi connectivity index (χ3n) is 3.30. The molecule has 20 heavy (non-hydrogen) atoms. The van der Waals surface area contributed by atoms with Crippen LogP contribution >= 0.6 is 11.8 Å². The van der Waals surface area contributed by atoms with E-state index in [9.17, 15) is 4.79 Å². The van der Waals surface area contributed by atoms with Gasteiger partial charge in [0.05, 0.1) is 17.2 Å². The molecule has 0 radical (unpaired) electrons. The molecule has 0 saturated carbocycles. The van der Waals surface area contributed by atoms with Crippen LogP contribution in [0.1, 0.15) is 16.4 Å². The van der Waals surface area contributed by atoms with Gasteiger partial charge in [-0.3, -0.25) is 9.89 Å². The normalized spacial score (nSPS) is 20.2. The molecule has 3 heterocycles. The van der Waals surface area contributed by atoms with Crippen LogP contribution in [-0.4, -0.2) is 28.7 Å². The Labute approximate surface area is 118 Å². The van der Waals surface area contributed by atoms with Crippen molar-refractivity contribution < 1.29 is 14.3 Å². The molecule has 1 atom stereocenters. The topological polar surface area (TPSA) is 76.2 Å². The van der Waals surface area contributed by atoms with Crippen molar-refractivity contribution in [1.29, 1.82) is 0 Å². The zero-order valence-corrected chi connectivity index (χ0v) is 11.2. The molecule has 0 bridgehead atoms. The second-order valence-electron chi connectivity index (χ2n) is 4.55. The van der Waals surface area contributed by atoms with Gasteiger partial charge in [0, 0.05) is 5.56 Å². The van der Waals surface area contributed by atoms with Gasteiger partial charge in [-0.2, -0.15) is 5.10 Å². The maximum absolute atomic E-state index is 11.7. The largest absolute Gasteiger partial charge is 0.454 e. The van der Waals surface area contributed by atoms with Gasteiger partial charge in [0.2, 0.25) is 12.7 Å². The number of carbonyl (C=O) groups is 1. The van der Waals surface area contributed by atoms with E-state index < -0.39 is 0 Å². The van der Waals surface area contributed by atoms with Crippen LogP contribution in [0.4, 0.5) is 5.82 Å². The molecule has 4 rings (SSSR count). The van der Waals surface area contributed by atoms with Crippen LogP contribution in [0.2, 0.25) is 0 Å². The van der Waals surface area contributed by atoms with Gasteiger partial charge in [-0.05, 0) is 17.7 Å². The number of carbonyl (C=O) groups excluding carboxylic acids is 1. The number of nitrogens with one attached hydrogen (secondary N) is 2. The smallest absolute Gasteiger partial charge is 0.235 e. The van der Waals surface area contributed by atoms with Crippen LogP contribution in [0.25, 0.3) is 0 Å². The van der Waals surface area contributed by atoms with E-state index in [1.165, 1.54) is 0 Å². The minimum Gasteiger partial charge on any atom is -0.454 e. The summed E-state index contributed by atoms with van der Waals surface area (Å²) in [6.45, 7) is 0.258. The van der Waals surface area contributed by atoms with Crippen LogP contribution in [-0.2, 0) is 4.79 Å². The Morgan fingerprint density at radius 1 is 1.30 bits per heavy atom. The van der Waals surface area contributed by atoms with E-state index in [1.54, 1.807) is 18.0 Å². The minimum absolute atomic E-state index is 0.0243. The molecule has 1 amide bonds. The van der Waals surface area contributed by atoms with Gasteiger partial charge >= 0.3 is 0 Å². The number of aromatic nitrogens is 2. The average molecular weight is 289 g/mol. The highest BCUT2D eigenvalue weighted by molar-refractivity contribution is 8.00. The Balaban J connectivity index is 1.77. The van der Waals surface area contributed by atoms with Crippen LogP contribution in [0.3, 0.4) is 0 Å². The molecule has 2 aliphatic rings. The van der Waals surface area contributed by atoms with Crippen molar-refractivity contribution in [3.05, 3.63) is 35.5 Å². The Kier molecular flexibility index (Phi) is 2.59. The first-order chi connectivity index (χ1) is 9.81. The first-order valence-corrected chi connectivity index (χ1v) is 7.20. The molecule has 6 nitrogen and oxygen atoms in total. The van der Waals surface area contributed by atoms with Crippen molar-refractivity contribution in [2.24, 2.45) is 0 Å². The molecule has 0 spiro atoms. The summed E-state index contributed by atoms with van der Waals surface area (Å²) in [5.74, 6) is 2.55. The second-order valence-corrected chi connectivity index (χ2v) is 5.65. The number of benzene rings is 1. The quantitative estimate of drug-likeness (QED) is 0.838. The number of ether oxygens (including phenoxy) is 2. The standard InChI is InChI=1S/C13H11N3O3S/c17-11-5-20-12(8-4-14-16-13(8)15-11)7-1-2-9-10(3-7)19-6-18-9/h1-4,12H,5-6H2,(H2,14,15,16,17)/t12-/m0/s1. The maximum atomic E-state index is 11.7. The predicted molar refractivity (Wildman–Crippen MR) is 74.1 cm³/mol. The van der Waals surface area contributed by atoms with Crippen molar-refractivity contribution in [3.63, 3.8) is 0 Å². The van der Waals surface area contributed by atoms with Gasteiger partial charge in [0.25, 0.3) is 0 Å². The van der Waals surface area contributed by atoms with E-state index in [1.807, 2.05) is 18.2 Å². The molecule has 0 saturated heterocycles. The lowest BCUT2D eigenvalue weighted by Crippen LogP contribution is -2.12. The van der Waals surface area contributed by atoms with Crippen LogP contribution < -0.4 is 14.8 Å². The second kappa shape index (κ2) is 4.45. The zero-order valence-electron chi connectivity index (χ0n) is 10.4. The number of nitrogens with zero attached hydrogens (tertiary/aromatic N) is 1. The average Bonchev–Trinajstić information content (AvgIpc) is 3.05. The minimum atomic E-state index is -0.0243. The van der Waals surface area contributed by atoms with Crippen LogP contribution in [0.5, 0.6) is 11.5 Å². The van der Waals surface area contributed by atoms with Crippen molar-refractivity contribution in [3.8, 4) is 11.5 Å². The Hall–Kier alpha value is -2.15. The number of anilines is 1. The summed E-state index contributed by atoms with van der Waals surface area (Å²) >= 11 is 1.57. The highest BCUT2D eigenvalue weighted by Crippen LogP contribution is 2.43. The predicted octanol–water partition coefficient (Wildman–Crippen LogP) is 1.91. The van der Waals surface area contributed by atoms with E-state index in [-0.39, 0.29) is 18.0 Å². The molecule has 0 fully saturated rings. The fraction of sp³-hybridized carbons (Fsp3) is 0.231. The Morgan fingerprint density at radius 3 is 3.15 bits per heavy atom. The lowest BCUT2D eigenvalue weighted by molar-refractivity contribution is -0.113. The lowest BCUT2D eigenvalue weighted by atomic mass is 10.1. The molecule has 102 valence electrons. The van der Waals surface area contributed by atoms with E-state index >= 15 is 0 Å². The SMILES string of the molecule is O=C1CS[C@@H](c2ccc3c(c2)OCO3)c2cn[nH]c2N1. The number of rotatable bonds is 1. The lowest BCUT2D eigenvalue weighted by Gasteiger charge is -2.14. The van der Waals surface area contributed by atoms with E-state index in [4.69, 9.17) is 9.47 Å². The van der Waals surface area contributed by atoms with Gasteiger partial charge in [-0.25, -0.2) is 0 Å². The molecule has 1 aromatic carbocycles. The number of hydrogen-bond donors (Lipinski definition) is 2. The highest BCUT2D eigenvalue weighted by Gasteiger charge is 2.27. The Bertz CT molecular complexity index is 685. The summed E-state index contributed by atoms with van der Waals surface area (Å²) in [5.41, 5.74) is 2.04.